The Morgan fingerprint density at radius 1 is 1.33 bits per heavy atom. The molecule has 4 heteroatoms. The first-order chi connectivity index (χ1) is 7.04. The highest BCUT2D eigenvalue weighted by Crippen LogP contribution is 2.34. The molecule has 4 nitrogen and oxygen atoms in total. The zero-order valence-corrected chi connectivity index (χ0v) is 9.27. The molecule has 1 aliphatic carbocycles. The van der Waals surface area contributed by atoms with Crippen LogP contribution in [-0.4, -0.2) is 23.5 Å². The van der Waals surface area contributed by atoms with Crippen molar-refractivity contribution in [3.63, 3.8) is 0 Å². The van der Waals surface area contributed by atoms with Gasteiger partial charge in [0, 0.05) is 0 Å². The molecule has 1 aliphatic rings. The molecule has 0 aromatic heterocycles. The van der Waals surface area contributed by atoms with Crippen molar-refractivity contribution in [1.29, 1.82) is 0 Å². The van der Waals surface area contributed by atoms with Crippen molar-refractivity contribution in [2.24, 2.45) is 17.8 Å². The van der Waals surface area contributed by atoms with Crippen LogP contribution in [0.1, 0.15) is 33.1 Å². The number of carboxylic acids is 1. The summed E-state index contributed by atoms with van der Waals surface area (Å²) in [5, 5.41) is 11.4. The zero-order valence-electron chi connectivity index (χ0n) is 9.27. The number of carbonyl (C=O) groups is 2. The fourth-order valence-electron chi connectivity index (χ4n) is 2.76. The first-order valence-electron chi connectivity index (χ1n) is 5.47. The lowest BCUT2D eigenvalue weighted by Gasteiger charge is -2.34. The van der Waals surface area contributed by atoms with Gasteiger partial charge in [-0.15, -0.1) is 0 Å². The summed E-state index contributed by atoms with van der Waals surface area (Å²) in [6, 6.07) is -0.715. The summed E-state index contributed by atoms with van der Waals surface area (Å²) in [5.41, 5.74) is 0. The smallest absolute Gasteiger partial charge is 0.326 e. The van der Waals surface area contributed by atoms with Crippen molar-refractivity contribution >= 4 is 12.4 Å². The van der Waals surface area contributed by atoms with E-state index in [1.54, 1.807) is 0 Å². The van der Waals surface area contributed by atoms with Crippen LogP contribution in [0.5, 0.6) is 0 Å². The third kappa shape index (κ3) is 3.22. The molecule has 0 saturated heterocycles. The minimum absolute atomic E-state index is 0.0754. The Morgan fingerprint density at radius 3 is 2.27 bits per heavy atom. The number of hydrogen-bond donors (Lipinski definition) is 2. The van der Waals surface area contributed by atoms with E-state index in [4.69, 9.17) is 5.11 Å². The van der Waals surface area contributed by atoms with Gasteiger partial charge >= 0.3 is 5.97 Å². The SMILES string of the molecule is CC1CC(C)CC(C(NC=O)C(=O)O)C1. The molecule has 0 aromatic rings. The third-order valence-electron chi connectivity index (χ3n) is 3.20. The minimum atomic E-state index is -0.923. The molecule has 0 heterocycles. The number of hydrogen-bond acceptors (Lipinski definition) is 2. The summed E-state index contributed by atoms with van der Waals surface area (Å²) in [4.78, 5) is 21.3. The number of aliphatic carboxylic acids is 1. The van der Waals surface area contributed by atoms with E-state index in [0.29, 0.717) is 18.2 Å². The summed E-state index contributed by atoms with van der Waals surface area (Å²) in [6.45, 7) is 4.28. The van der Waals surface area contributed by atoms with Gasteiger partial charge in [0.15, 0.2) is 0 Å². The lowest BCUT2D eigenvalue weighted by atomic mass is 9.74. The summed E-state index contributed by atoms with van der Waals surface area (Å²) in [7, 11) is 0. The number of nitrogens with one attached hydrogen (secondary N) is 1. The van der Waals surface area contributed by atoms with Crippen LogP contribution in [0, 0.1) is 17.8 Å². The number of carboxylic acid groups (broad SMARTS) is 1. The Kier molecular flexibility index (Phi) is 4.12. The highest BCUT2D eigenvalue weighted by molar-refractivity contribution is 5.76. The van der Waals surface area contributed by atoms with Gasteiger partial charge in [0.05, 0.1) is 0 Å². The number of carbonyl (C=O) groups excluding carboxylic acids is 1. The van der Waals surface area contributed by atoms with Gasteiger partial charge in [-0.05, 0) is 37.0 Å². The van der Waals surface area contributed by atoms with E-state index < -0.39 is 12.0 Å². The van der Waals surface area contributed by atoms with Crippen LogP contribution in [-0.2, 0) is 9.59 Å². The molecule has 0 aliphatic heterocycles. The van der Waals surface area contributed by atoms with Crippen LogP contribution >= 0.6 is 0 Å². The second-order valence-electron chi connectivity index (χ2n) is 4.78. The minimum Gasteiger partial charge on any atom is -0.480 e. The van der Waals surface area contributed by atoms with E-state index in [-0.39, 0.29) is 5.92 Å². The zero-order chi connectivity index (χ0) is 11.4. The van der Waals surface area contributed by atoms with Crippen LogP contribution in [0.3, 0.4) is 0 Å². The van der Waals surface area contributed by atoms with Crippen LogP contribution in [0.4, 0.5) is 0 Å². The molecule has 3 atom stereocenters. The van der Waals surface area contributed by atoms with E-state index in [9.17, 15) is 9.59 Å². The molecule has 1 saturated carbocycles. The van der Waals surface area contributed by atoms with Crippen LogP contribution in [0.2, 0.25) is 0 Å². The summed E-state index contributed by atoms with van der Waals surface area (Å²) >= 11 is 0. The molecule has 2 N–H and O–H groups in total. The molecule has 1 amide bonds. The Bertz CT molecular complexity index is 232. The third-order valence-corrected chi connectivity index (χ3v) is 3.20. The maximum Gasteiger partial charge on any atom is 0.326 e. The van der Waals surface area contributed by atoms with Gasteiger partial charge in [-0.3, -0.25) is 4.79 Å². The van der Waals surface area contributed by atoms with Gasteiger partial charge in [-0.1, -0.05) is 13.8 Å². The molecule has 15 heavy (non-hydrogen) atoms. The molecule has 1 rings (SSSR count). The predicted octanol–water partition coefficient (Wildman–Crippen LogP) is 1.26. The highest BCUT2D eigenvalue weighted by atomic mass is 16.4. The summed E-state index contributed by atoms with van der Waals surface area (Å²) in [6.07, 6.45) is 3.43. The highest BCUT2D eigenvalue weighted by Gasteiger charge is 2.33. The molecular formula is C11H19NO3. The van der Waals surface area contributed by atoms with Crippen LogP contribution in [0.15, 0.2) is 0 Å². The Balaban J connectivity index is 2.65. The van der Waals surface area contributed by atoms with Crippen molar-refractivity contribution in [3.05, 3.63) is 0 Å². The van der Waals surface area contributed by atoms with Crippen molar-refractivity contribution in [2.75, 3.05) is 0 Å². The van der Waals surface area contributed by atoms with Crippen molar-refractivity contribution in [2.45, 2.75) is 39.2 Å². The predicted molar refractivity (Wildman–Crippen MR) is 56.3 cm³/mol. The maximum atomic E-state index is 11.0. The lowest BCUT2D eigenvalue weighted by molar-refractivity contribution is -0.142. The second-order valence-corrected chi connectivity index (χ2v) is 4.78. The molecular weight excluding hydrogens is 194 g/mol. The van der Waals surface area contributed by atoms with Gasteiger partial charge in [0.1, 0.15) is 6.04 Å². The van der Waals surface area contributed by atoms with Crippen molar-refractivity contribution < 1.29 is 14.7 Å². The average Bonchev–Trinajstić information content (AvgIpc) is 2.11. The molecule has 1 fully saturated rings. The second kappa shape index (κ2) is 5.14. The summed E-state index contributed by atoms with van der Waals surface area (Å²) in [5.74, 6) is 0.253. The molecule has 0 aromatic carbocycles. The monoisotopic (exact) mass is 213 g/mol. The quantitative estimate of drug-likeness (QED) is 0.691. The fourth-order valence-corrected chi connectivity index (χ4v) is 2.76. The van der Waals surface area contributed by atoms with Crippen LogP contribution in [0.25, 0.3) is 0 Å². The maximum absolute atomic E-state index is 11.0. The van der Waals surface area contributed by atoms with E-state index in [2.05, 4.69) is 19.2 Å². The normalized spacial score (nSPS) is 33.1. The number of rotatable bonds is 4. The fraction of sp³-hybridized carbons (Fsp3) is 0.818. The Labute approximate surface area is 90.0 Å². The molecule has 0 spiro atoms. The van der Waals surface area contributed by atoms with E-state index in [1.807, 2.05) is 0 Å². The van der Waals surface area contributed by atoms with Gasteiger partial charge < -0.3 is 10.4 Å². The van der Waals surface area contributed by atoms with Gasteiger partial charge in [0.2, 0.25) is 6.41 Å². The van der Waals surface area contributed by atoms with Gasteiger partial charge in [-0.25, -0.2) is 4.79 Å². The topological polar surface area (TPSA) is 66.4 Å². The Morgan fingerprint density at radius 2 is 1.87 bits per heavy atom. The molecule has 3 unspecified atom stereocenters. The molecule has 86 valence electrons. The first kappa shape index (κ1) is 12.0. The van der Waals surface area contributed by atoms with E-state index in [0.717, 1.165) is 19.3 Å². The molecule has 0 bridgehead atoms. The standard InChI is InChI=1S/C11H19NO3/c1-7-3-8(2)5-9(4-7)10(11(14)15)12-6-13/h6-10H,3-5H2,1-2H3,(H,12,13)(H,14,15). The van der Waals surface area contributed by atoms with Gasteiger partial charge in [-0.2, -0.15) is 0 Å². The largest absolute Gasteiger partial charge is 0.480 e. The van der Waals surface area contributed by atoms with Crippen LogP contribution < -0.4 is 5.32 Å². The first-order valence-corrected chi connectivity index (χ1v) is 5.47. The molecule has 0 radical (unpaired) electrons. The van der Waals surface area contributed by atoms with Gasteiger partial charge in [0.25, 0.3) is 0 Å². The number of amides is 1. The van der Waals surface area contributed by atoms with Crippen molar-refractivity contribution in [1.82, 2.24) is 5.32 Å². The van der Waals surface area contributed by atoms with E-state index >= 15 is 0 Å². The average molecular weight is 213 g/mol. The van der Waals surface area contributed by atoms with E-state index in [1.165, 1.54) is 0 Å². The summed E-state index contributed by atoms with van der Waals surface area (Å²) < 4.78 is 0. The Hall–Kier alpha value is -1.06. The van der Waals surface area contributed by atoms with Crippen molar-refractivity contribution in [3.8, 4) is 0 Å². The lowest BCUT2D eigenvalue weighted by Crippen LogP contribution is -2.44.